The van der Waals surface area contributed by atoms with E-state index in [1.807, 2.05) is 4.90 Å². The van der Waals surface area contributed by atoms with Gasteiger partial charge in [0.25, 0.3) is 0 Å². The van der Waals surface area contributed by atoms with Crippen LogP contribution in [0.2, 0.25) is 0 Å². The number of hydrogen-bond donors (Lipinski definition) is 1. The maximum atomic E-state index is 12.2. The van der Waals surface area contributed by atoms with Gasteiger partial charge in [-0.1, -0.05) is 6.08 Å². The highest BCUT2D eigenvalue weighted by molar-refractivity contribution is 5.87. The van der Waals surface area contributed by atoms with Crippen LogP contribution in [-0.2, 0) is 9.53 Å². The molecule has 1 saturated carbocycles. The molecule has 1 atom stereocenters. The lowest BCUT2D eigenvalue weighted by atomic mass is 9.98. The van der Waals surface area contributed by atoms with Crippen LogP contribution in [0.15, 0.2) is 12.7 Å². The van der Waals surface area contributed by atoms with Crippen LogP contribution in [0.4, 0.5) is 0 Å². The van der Waals surface area contributed by atoms with E-state index in [1.54, 1.807) is 6.08 Å². The summed E-state index contributed by atoms with van der Waals surface area (Å²) in [5, 5.41) is 0. The van der Waals surface area contributed by atoms with Crippen molar-refractivity contribution >= 4 is 5.91 Å². The van der Waals surface area contributed by atoms with Gasteiger partial charge in [0.2, 0.25) is 5.91 Å². The summed E-state index contributed by atoms with van der Waals surface area (Å²) in [4.78, 5) is 14.1. The molecule has 2 rings (SSSR count). The van der Waals surface area contributed by atoms with E-state index in [-0.39, 0.29) is 5.91 Å². The van der Waals surface area contributed by atoms with Crippen molar-refractivity contribution < 1.29 is 9.53 Å². The molecule has 0 spiro atoms. The van der Waals surface area contributed by atoms with E-state index in [4.69, 9.17) is 10.5 Å². The Balaban J connectivity index is 2.05. The van der Waals surface area contributed by atoms with Gasteiger partial charge in [0.15, 0.2) is 0 Å². The van der Waals surface area contributed by atoms with Gasteiger partial charge in [-0.05, 0) is 19.3 Å². The monoisotopic (exact) mass is 210 g/mol. The van der Waals surface area contributed by atoms with Gasteiger partial charge in [0.1, 0.15) is 5.54 Å². The molecule has 1 heterocycles. The number of amides is 1. The largest absolute Gasteiger partial charge is 0.379 e. The molecular formula is C11H18N2O2. The van der Waals surface area contributed by atoms with Crippen molar-refractivity contribution in [3.05, 3.63) is 12.7 Å². The summed E-state index contributed by atoms with van der Waals surface area (Å²) in [6.07, 6.45) is 4.58. The number of nitrogens with zero attached hydrogens (tertiary/aromatic N) is 1. The summed E-state index contributed by atoms with van der Waals surface area (Å²) >= 11 is 0. The van der Waals surface area contributed by atoms with Crippen molar-refractivity contribution in [3.63, 3.8) is 0 Å². The average molecular weight is 210 g/mol. The zero-order valence-electron chi connectivity index (χ0n) is 8.95. The Kier molecular flexibility index (Phi) is 2.80. The molecule has 15 heavy (non-hydrogen) atoms. The second kappa shape index (κ2) is 3.94. The van der Waals surface area contributed by atoms with E-state index in [1.165, 1.54) is 0 Å². The number of hydrogen-bond acceptors (Lipinski definition) is 3. The Morgan fingerprint density at radius 2 is 2.40 bits per heavy atom. The minimum Gasteiger partial charge on any atom is -0.379 e. The third-order valence-electron chi connectivity index (χ3n) is 3.05. The molecule has 0 radical (unpaired) electrons. The van der Waals surface area contributed by atoms with Crippen LogP contribution in [0.3, 0.4) is 0 Å². The van der Waals surface area contributed by atoms with E-state index < -0.39 is 5.54 Å². The molecule has 0 aromatic rings. The van der Waals surface area contributed by atoms with E-state index >= 15 is 0 Å². The molecule has 1 unspecified atom stereocenters. The SMILES string of the molecule is C=CCN(C(=O)C1(N)CCOC1)C1CC1. The predicted molar refractivity (Wildman–Crippen MR) is 57.3 cm³/mol. The van der Waals surface area contributed by atoms with Crippen molar-refractivity contribution in [1.82, 2.24) is 4.90 Å². The normalized spacial score (nSPS) is 30.2. The van der Waals surface area contributed by atoms with Crippen LogP contribution in [0.1, 0.15) is 19.3 Å². The third-order valence-corrected chi connectivity index (χ3v) is 3.05. The first-order valence-electron chi connectivity index (χ1n) is 5.46. The van der Waals surface area contributed by atoms with Crippen LogP contribution >= 0.6 is 0 Å². The van der Waals surface area contributed by atoms with Crippen LogP contribution in [-0.4, -0.2) is 42.1 Å². The molecule has 1 aliphatic heterocycles. The summed E-state index contributed by atoms with van der Waals surface area (Å²) < 4.78 is 5.21. The first-order valence-corrected chi connectivity index (χ1v) is 5.46. The third kappa shape index (κ3) is 2.06. The highest BCUT2D eigenvalue weighted by atomic mass is 16.5. The minimum atomic E-state index is -0.786. The Morgan fingerprint density at radius 1 is 1.67 bits per heavy atom. The average Bonchev–Trinajstić information content (AvgIpc) is 2.97. The first kappa shape index (κ1) is 10.6. The smallest absolute Gasteiger partial charge is 0.245 e. The quantitative estimate of drug-likeness (QED) is 0.678. The lowest BCUT2D eigenvalue weighted by Gasteiger charge is -2.29. The van der Waals surface area contributed by atoms with E-state index in [0.717, 1.165) is 12.8 Å². The standard InChI is InChI=1S/C11H18N2O2/c1-2-6-13(9-3-4-9)10(14)11(12)5-7-15-8-11/h2,9H,1,3-8,12H2. The summed E-state index contributed by atoms with van der Waals surface area (Å²) in [5.41, 5.74) is 5.26. The van der Waals surface area contributed by atoms with Crippen molar-refractivity contribution in [2.45, 2.75) is 30.8 Å². The number of carbonyl (C=O) groups is 1. The van der Waals surface area contributed by atoms with Crippen LogP contribution < -0.4 is 5.73 Å². The Labute approximate surface area is 90.1 Å². The molecule has 1 aliphatic carbocycles. The van der Waals surface area contributed by atoms with Crippen LogP contribution in [0.5, 0.6) is 0 Å². The van der Waals surface area contributed by atoms with Crippen molar-refractivity contribution in [2.75, 3.05) is 19.8 Å². The molecule has 84 valence electrons. The first-order chi connectivity index (χ1) is 7.17. The number of ether oxygens (including phenoxy) is 1. The highest BCUT2D eigenvalue weighted by Gasteiger charge is 2.44. The van der Waals surface area contributed by atoms with Crippen LogP contribution in [0.25, 0.3) is 0 Å². The molecule has 2 fully saturated rings. The maximum Gasteiger partial charge on any atom is 0.245 e. The lowest BCUT2D eigenvalue weighted by molar-refractivity contribution is -0.137. The number of carbonyl (C=O) groups excluding carboxylic acids is 1. The van der Waals surface area contributed by atoms with Crippen molar-refractivity contribution in [2.24, 2.45) is 5.73 Å². The van der Waals surface area contributed by atoms with E-state index in [0.29, 0.717) is 32.2 Å². The number of nitrogens with two attached hydrogens (primary N) is 1. The Morgan fingerprint density at radius 3 is 2.87 bits per heavy atom. The van der Waals surface area contributed by atoms with Crippen LogP contribution in [0, 0.1) is 0 Å². The van der Waals surface area contributed by atoms with Gasteiger partial charge in [-0.2, -0.15) is 0 Å². The molecule has 4 heteroatoms. The second-order valence-corrected chi connectivity index (χ2v) is 4.44. The predicted octanol–water partition coefficient (Wildman–Crippen LogP) is 0.281. The zero-order chi connectivity index (χ0) is 10.9. The number of rotatable bonds is 4. The van der Waals surface area contributed by atoms with Gasteiger partial charge in [0.05, 0.1) is 6.61 Å². The van der Waals surface area contributed by atoms with Gasteiger partial charge in [-0.25, -0.2) is 0 Å². The highest BCUT2D eigenvalue weighted by Crippen LogP contribution is 2.30. The summed E-state index contributed by atoms with van der Waals surface area (Å²) in [7, 11) is 0. The van der Waals surface area contributed by atoms with Gasteiger partial charge < -0.3 is 15.4 Å². The molecule has 2 N–H and O–H groups in total. The van der Waals surface area contributed by atoms with Gasteiger partial charge in [-0.3, -0.25) is 4.79 Å². The minimum absolute atomic E-state index is 0.0300. The summed E-state index contributed by atoms with van der Waals surface area (Å²) in [6, 6.07) is 0.386. The molecule has 2 aliphatic rings. The second-order valence-electron chi connectivity index (χ2n) is 4.44. The zero-order valence-corrected chi connectivity index (χ0v) is 8.95. The van der Waals surface area contributed by atoms with Crippen molar-refractivity contribution in [3.8, 4) is 0 Å². The molecule has 1 amide bonds. The van der Waals surface area contributed by atoms with Crippen molar-refractivity contribution in [1.29, 1.82) is 0 Å². The van der Waals surface area contributed by atoms with Gasteiger partial charge in [0, 0.05) is 19.2 Å². The summed E-state index contributed by atoms with van der Waals surface area (Å²) in [5.74, 6) is 0.0300. The Bertz CT molecular complexity index is 268. The fraction of sp³-hybridized carbons (Fsp3) is 0.727. The van der Waals surface area contributed by atoms with Gasteiger partial charge >= 0.3 is 0 Å². The summed E-state index contributed by atoms with van der Waals surface area (Å²) in [6.45, 7) is 5.22. The van der Waals surface area contributed by atoms with Gasteiger partial charge in [-0.15, -0.1) is 6.58 Å². The molecule has 1 saturated heterocycles. The molecule has 0 bridgehead atoms. The molecule has 0 aromatic heterocycles. The van der Waals surface area contributed by atoms with E-state index in [2.05, 4.69) is 6.58 Å². The topological polar surface area (TPSA) is 55.6 Å². The van der Waals surface area contributed by atoms with E-state index in [9.17, 15) is 4.79 Å². The Hall–Kier alpha value is -0.870. The molecular weight excluding hydrogens is 192 g/mol. The molecule has 4 nitrogen and oxygen atoms in total. The maximum absolute atomic E-state index is 12.2. The lowest BCUT2D eigenvalue weighted by Crippen LogP contribution is -2.56. The fourth-order valence-electron chi connectivity index (χ4n) is 1.96. The fourth-order valence-corrected chi connectivity index (χ4v) is 1.96. The molecule has 0 aromatic carbocycles.